The Kier molecular flexibility index (Phi) is 15.7. The first kappa shape index (κ1) is 29.8. The summed E-state index contributed by atoms with van der Waals surface area (Å²) in [5.41, 5.74) is 1.50. The molecule has 0 saturated heterocycles. The van der Waals surface area contributed by atoms with Crippen LogP contribution in [0.3, 0.4) is 0 Å². The quantitative estimate of drug-likeness (QED) is 0.339. The third-order valence-electron chi connectivity index (χ3n) is 4.75. The van der Waals surface area contributed by atoms with Crippen molar-refractivity contribution in [2.45, 2.75) is 40.3 Å². The first-order valence-corrected chi connectivity index (χ1v) is 10.7. The number of nitrogens with one attached hydrogen (secondary N) is 1. The minimum Gasteiger partial charge on any atom is -0.490 e. The SMILES string of the molecule is CCOc1cc(CNCCCN(CC)CC)cc(Cl)c1OCc1ccccc1F.Cl.Cl. The van der Waals surface area contributed by atoms with E-state index in [9.17, 15) is 4.39 Å². The molecule has 0 radical (unpaired) electrons. The molecule has 176 valence electrons. The van der Waals surface area contributed by atoms with Gasteiger partial charge in [0.25, 0.3) is 0 Å². The molecule has 0 aliphatic heterocycles. The Morgan fingerprint density at radius 1 is 1.03 bits per heavy atom. The first-order chi connectivity index (χ1) is 14.1. The third kappa shape index (κ3) is 9.84. The third-order valence-corrected chi connectivity index (χ3v) is 5.03. The predicted molar refractivity (Wildman–Crippen MR) is 132 cm³/mol. The van der Waals surface area contributed by atoms with Crippen molar-refractivity contribution in [3.63, 3.8) is 0 Å². The lowest BCUT2D eigenvalue weighted by Gasteiger charge is -2.18. The zero-order chi connectivity index (χ0) is 21.1. The summed E-state index contributed by atoms with van der Waals surface area (Å²) in [6.07, 6.45) is 1.09. The molecule has 0 aromatic heterocycles. The van der Waals surface area contributed by atoms with E-state index in [4.69, 9.17) is 21.1 Å². The van der Waals surface area contributed by atoms with Crippen LogP contribution in [-0.4, -0.2) is 37.7 Å². The second-order valence-corrected chi connectivity index (χ2v) is 7.18. The van der Waals surface area contributed by atoms with Crippen molar-refractivity contribution in [1.29, 1.82) is 0 Å². The fourth-order valence-corrected chi connectivity index (χ4v) is 3.38. The van der Waals surface area contributed by atoms with Crippen molar-refractivity contribution in [1.82, 2.24) is 10.2 Å². The van der Waals surface area contributed by atoms with Crippen molar-refractivity contribution in [2.75, 3.05) is 32.8 Å². The molecule has 0 amide bonds. The molecule has 0 heterocycles. The summed E-state index contributed by atoms with van der Waals surface area (Å²) < 4.78 is 25.4. The average Bonchev–Trinajstić information content (AvgIpc) is 2.71. The highest BCUT2D eigenvalue weighted by Crippen LogP contribution is 2.37. The van der Waals surface area contributed by atoms with Crippen LogP contribution in [0.4, 0.5) is 4.39 Å². The second-order valence-electron chi connectivity index (χ2n) is 6.78. The van der Waals surface area contributed by atoms with Crippen LogP contribution in [0.1, 0.15) is 38.3 Å². The van der Waals surface area contributed by atoms with Crippen molar-refractivity contribution < 1.29 is 13.9 Å². The van der Waals surface area contributed by atoms with Crippen LogP contribution in [0.25, 0.3) is 0 Å². The Bertz CT molecular complexity index is 762. The Balaban J connectivity index is 0.00000450. The molecule has 31 heavy (non-hydrogen) atoms. The number of ether oxygens (including phenoxy) is 2. The minimum atomic E-state index is -0.299. The maximum atomic E-state index is 13.8. The van der Waals surface area contributed by atoms with Gasteiger partial charge in [-0.25, -0.2) is 4.39 Å². The van der Waals surface area contributed by atoms with Crippen molar-refractivity contribution in [3.8, 4) is 11.5 Å². The summed E-state index contributed by atoms with van der Waals surface area (Å²) in [5.74, 6) is 0.727. The van der Waals surface area contributed by atoms with Gasteiger partial charge in [-0.05, 0) is 63.3 Å². The van der Waals surface area contributed by atoms with Crippen LogP contribution in [0.5, 0.6) is 11.5 Å². The van der Waals surface area contributed by atoms with E-state index in [1.54, 1.807) is 18.2 Å². The molecule has 0 fully saturated rings. The first-order valence-electron chi connectivity index (χ1n) is 10.3. The summed E-state index contributed by atoms with van der Waals surface area (Å²) in [6.45, 7) is 11.8. The molecule has 2 aromatic rings. The van der Waals surface area contributed by atoms with Crippen LogP contribution in [0, 0.1) is 5.82 Å². The zero-order valence-corrected chi connectivity index (χ0v) is 20.8. The molecule has 0 aliphatic rings. The Labute approximate surface area is 203 Å². The Morgan fingerprint density at radius 3 is 2.39 bits per heavy atom. The summed E-state index contributed by atoms with van der Waals surface area (Å²) in [5, 5.41) is 3.92. The standard InChI is InChI=1S/C23H32ClFN2O2.2ClH/c1-4-27(5-2)13-9-12-26-16-18-14-20(24)23(22(15-18)28-6-3)29-17-19-10-7-8-11-21(19)25;;/h7-8,10-11,14-15,26H,4-6,9,12-13,16-17H2,1-3H3;2*1H. The molecule has 2 aromatic carbocycles. The molecule has 4 nitrogen and oxygen atoms in total. The topological polar surface area (TPSA) is 33.7 Å². The lowest BCUT2D eigenvalue weighted by Crippen LogP contribution is -2.27. The molecular formula is C23H34Cl3FN2O2. The number of hydrogen-bond acceptors (Lipinski definition) is 4. The van der Waals surface area contributed by atoms with Gasteiger partial charge in [0.2, 0.25) is 0 Å². The van der Waals surface area contributed by atoms with Crippen LogP contribution < -0.4 is 14.8 Å². The van der Waals surface area contributed by atoms with Gasteiger partial charge < -0.3 is 19.7 Å². The molecule has 0 aliphatic carbocycles. The average molecular weight is 496 g/mol. The number of benzene rings is 2. The van der Waals surface area contributed by atoms with Crippen molar-refractivity contribution in [2.24, 2.45) is 0 Å². The molecule has 8 heteroatoms. The van der Waals surface area contributed by atoms with Crippen LogP contribution in [0.15, 0.2) is 36.4 Å². The van der Waals surface area contributed by atoms with E-state index in [1.807, 2.05) is 19.1 Å². The number of hydrogen-bond donors (Lipinski definition) is 1. The molecule has 0 spiro atoms. The van der Waals surface area contributed by atoms with Crippen LogP contribution in [-0.2, 0) is 13.2 Å². The van der Waals surface area contributed by atoms with Gasteiger partial charge in [-0.1, -0.05) is 43.6 Å². The molecule has 0 saturated carbocycles. The summed E-state index contributed by atoms with van der Waals surface area (Å²) in [6, 6.07) is 10.4. The summed E-state index contributed by atoms with van der Waals surface area (Å²) in [4.78, 5) is 2.41. The predicted octanol–water partition coefficient (Wildman–Crippen LogP) is 6.12. The highest BCUT2D eigenvalue weighted by molar-refractivity contribution is 6.32. The lowest BCUT2D eigenvalue weighted by molar-refractivity contribution is 0.265. The van der Waals surface area contributed by atoms with Gasteiger partial charge in [0, 0.05) is 12.1 Å². The van der Waals surface area contributed by atoms with Crippen molar-refractivity contribution in [3.05, 3.63) is 58.4 Å². The van der Waals surface area contributed by atoms with Gasteiger partial charge in [-0.15, -0.1) is 24.8 Å². The maximum absolute atomic E-state index is 13.8. The summed E-state index contributed by atoms with van der Waals surface area (Å²) >= 11 is 6.46. The van der Waals surface area contributed by atoms with E-state index in [-0.39, 0.29) is 37.2 Å². The fourth-order valence-electron chi connectivity index (χ4n) is 3.09. The van der Waals surface area contributed by atoms with Crippen molar-refractivity contribution >= 4 is 36.4 Å². The van der Waals surface area contributed by atoms with Gasteiger partial charge in [-0.3, -0.25) is 0 Å². The Morgan fingerprint density at radius 2 is 1.74 bits per heavy atom. The maximum Gasteiger partial charge on any atom is 0.180 e. The molecule has 0 unspecified atom stereocenters. The smallest absolute Gasteiger partial charge is 0.180 e. The molecule has 0 atom stereocenters. The van der Waals surface area contributed by atoms with E-state index < -0.39 is 0 Å². The lowest BCUT2D eigenvalue weighted by atomic mass is 10.2. The van der Waals surface area contributed by atoms with E-state index >= 15 is 0 Å². The largest absolute Gasteiger partial charge is 0.490 e. The van der Waals surface area contributed by atoms with Gasteiger partial charge in [0.15, 0.2) is 11.5 Å². The van der Waals surface area contributed by atoms with E-state index in [1.165, 1.54) is 6.07 Å². The number of halogens is 4. The van der Waals surface area contributed by atoms with Gasteiger partial charge in [0.05, 0.1) is 11.6 Å². The van der Waals surface area contributed by atoms with Crippen LogP contribution >= 0.6 is 36.4 Å². The van der Waals surface area contributed by atoms with Gasteiger partial charge >= 0.3 is 0 Å². The van der Waals surface area contributed by atoms with E-state index in [2.05, 4.69) is 24.1 Å². The fraction of sp³-hybridized carbons (Fsp3) is 0.478. The van der Waals surface area contributed by atoms with E-state index in [0.717, 1.165) is 38.2 Å². The second kappa shape index (κ2) is 16.4. The highest BCUT2D eigenvalue weighted by Gasteiger charge is 2.14. The normalized spacial score (nSPS) is 10.4. The number of rotatable bonds is 13. The highest BCUT2D eigenvalue weighted by atomic mass is 35.5. The minimum absolute atomic E-state index is 0. The van der Waals surface area contributed by atoms with Gasteiger partial charge in [-0.2, -0.15) is 0 Å². The zero-order valence-electron chi connectivity index (χ0n) is 18.5. The molecule has 2 rings (SSSR count). The Hall–Kier alpha value is -1.24. The molecule has 0 bridgehead atoms. The monoisotopic (exact) mass is 494 g/mol. The number of nitrogens with zero attached hydrogens (tertiary/aromatic N) is 1. The van der Waals surface area contributed by atoms with Gasteiger partial charge in [0.1, 0.15) is 12.4 Å². The van der Waals surface area contributed by atoms with E-state index in [0.29, 0.717) is 35.2 Å². The summed E-state index contributed by atoms with van der Waals surface area (Å²) in [7, 11) is 0. The molecular weight excluding hydrogens is 462 g/mol. The molecule has 1 N–H and O–H groups in total. The van der Waals surface area contributed by atoms with Crippen LogP contribution in [0.2, 0.25) is 5.02 Å².